The first-order valence-electron chi connectivity index (χ1n) is 34.8. The number of hydrogen-bond donors (Lipinski definition) is 0. The third-order valence-corrected chi connectivity index (χ3v) is 19.9. The lowest BCUT2D eigenvalue weighted by Gasteiger charge is -2.20. The first kappa shape index (κ1) is 69.8. The molecule has 0 saturated carbocycles. The van der Waals surface area contributed by atoms with E-state index in [9.17, 15) is 0 Å². The number of rotatable bonds is 33. The van der Waals surface area contributed by atoms with Gasteiger partial charge in [0.1, 0.15) is 17.2 Å². The fourth-order valence-electron chi connectivity index (χ4n) is 11.0. The minimum Gasteiger partial charge on any atom is -0.494 e. The monoisotopic (exact) mass is 1270 g/mol. The van der Waals surface area contributed by atoms with Crippen LogP contribution < -0.4 is 30.1 Å². The molecule has 0 spiro atoms. The van der Waals surface area contributed by atoms with Crippen LogP contribution in [0.15, 0.2) is 218 Å². The lowest BCUT2D eigenvalue weighted by molar-refractivity contribution is 0.304. The average Bonchev–Trinajstić information content (AvgIpc) is 0.768. The van der Waals surface area contributed by atoms with Gasteiger partial charge in [0.2, 0.25) is 0 Å². The first-order valence-corrected chi connectivity index (χ1v) is 36.5. The molecule has 0 aromatic heterocycles. The Balaban J connectivity index is 0.844. The van der Waals surface area contributed by atoms with E-state index in [0.29, 0.717) is 15.9 Å². The van der Waals surface area contributed by atoms with E-state index in [1.165, 1.54) is 96.3 Å². The maximum Gasteiger partial charge on any atom is 0.171 e. The summed E-state index contributed by atoms with van der Waals surface area (Å²) in [5.41, 5.74) is 11.8. The van der Waals surface area contributed by atoms with E-state index >= 15 is 4.57 Å². The van der Waals surface area contributed by atoms with E-state index in [1.54, 1.807) is 0 Å². The molecule has 9 aromatic carbocycles. The van der Waals surface area contributed by atoms with Crippen LogP contribution in [0.5, 0.6) is 17.2 Å². The van der Waals surface area contributed by atoms with Crippen LogP contribution in [-0.4, -0.2) is 19.8 Å². The molecule has 0 aliphatic heterocycles. The topological polar surface area (TPSA) is 44.8 Å². The lowest BCUT2D eigenvalue weighted by Crippen LogP contribution is -2.25. The Kier molecular flexibility index (Phi) is 28.9. The van der Waals surface area contributed by atoms with Crippen molar-refractivity contribution in [2.75, 3.05) is 19.8 Å². The van der Waals surface area contributed by atoms with E-state index in [0.717, 1.165) is 123 Å². The third kappa shape index (κ3) is 23.8. The van der Waals surface area contributed by atoms with Gasteiger partial charge in [-0.1, -0.05) is 262 Å². The zero-order valence-electron chi connectivity index (χ0n) is 56.2. The Bertz CT molecular complexity index is 3640. The number of hydrogen-bond acceptors (Lipinski definition) is 4. The van der Waals surface area contributed by atoms with Crippen molar-refractivity contribution in [3.05, 3.63) is 285 Å². The van der Waals surface area contributed by atoms with Crippen LogP contribution >= 0.6 is 7.14 Å². The summed E-state index contributed by atoms with van der Waals surface area (Å²) in [6.45, 7) is 9.04. The molecule has 0 saturated heterocycles. The number of unbranched alkanes of at least 4 members (excludes halogenated alkanes) is 15. The van der Waals surface area contributed by atoms with Gasteiger partial charge in [0.15, 0.2) is 7.14 Å². The summed E-state index contributed by atoms with van der Waals surface area (Å²) >= 11 is 0. The highest BCUT2D eigenvalue weighted by Crippen LogP contribution is 2.42. The van der Waals surface area contributed by atoms with Crippen molar-refractivity contribution in [1.82, 2.24) is 0 Å². The quantitative estimate of drug-likeness (QED) is 0.0178. The normalized spacial score (nSPS) is 11.2. The molecule has 0 unspecified atom stereocenters. The van der Waals surface area contributed by atoms with Gasteiger partial charge in [0.05, 0.1) is 19.8 Å². The summed E-state index contributed by atoms with van der Waals surface area (Å²) in [5, 5.41) is 2.14. The molecule has 0 radical (unpaired) electrons. The largest absolute Gasteiger partial charge is 0.494 e. The molecule has 95 heavy (non-hydrogen) atoms. The second-order valence-electron chi connectivity index (χ2n) is 24.4. The average molecular weight is 1270 g/mol. The Morgan fingerprint density at radius 1 is 0.242 bits per heavy atom. The van der Waals surface area contributed by atoms with Gasteiger partial charge in [0.25, 0.3) is 0 Å². The summed E-state index contributed by atoms with van der Waals surface area (Å²) in [7, 11) is -3.39. The van der Waals surface area contributed by atoms with Crippen LogP contribution in [0.25, 0.3) is 36.5 Å². The molecule has 5 heteroatoms. The zero-order chi connectivity index (χ0) is 65.8. The van der Waals surface area contributed by atoms with E-state index < -0.39 is 7.14 Å². The molecule has 0 amide bonds. The lowest BCUT2D eigenvalue weighted by atomic mass is 10.1. The molecule has 0 aliphatic rings. The van der Waals surface area contributed by atoms with Gasteiger partial charge in [-0.05, 0) is 198 Å². The Hall–Kier alpha value is -9.49. The van der Waals surface area contributed by atoms with E-state index in [-0.39, 0.29) is 0 Å². The van der Waals surface area contributed by atoms with E-state index in [2.05, 4.69) is 166 Å². The predicted molar refractivity (Wildman–Crippen MR) is 406 cm³/mol. The minimum absolute atomic E-state index is 0.713. The van der Waals surface area contributed by atoms with Crippen molar-refractivity contribution in [2.45, 2.75) is 136 Å². The summed E-state index contributed by atoms with van der Waals surface area (Å²) in [4.78, 5) is 0. The molecular formula is C90H93O4P. The molecule has 9 aromatic rings. The SMILES string of the molecule is CCCCCCCCOc1ccc(/C=C/c2ccc(C#Cc3ccc(P(=O)(c4ccc(C#Cc5ccc(/C=C/c6ccc(OCCCCCCCC)cc6)cc5)cc4)c4ccc(C#Cc5ccc(/C=C/c6ccc(OCCCCCCCC)cc6)cc5)cc4)cc3)cc2)cc1. The molecule has 482 valence electrons. The van der Waals surface area contributed by atoms with Crippen LogP contribution in [0.1, 0.15) is 203 Å². The highest BCUT2D eigenvalue weighted by Gasteiger charge is 2.30. The molecule has 9 rings (SSSR count). The second kappa shape index (κ2) is 39.3. The van der Waals surface area contributed by atoms with Crippen molar-refractivity contribution in [1.29, 1.82) is 0 Å². The molecule has 0 fully saturated rings. The maximum absolute atomic E-state index is 16.0. The van der Waals surface area contributed by atoms with Crippen LogP contribution in [0.4, 0.5) is 0 Å². The van der Waals surface area contributed by atoms with Gasteiger partial charge in [0, 0.05) is 49.3 Å². The summed E-state index contributed by atoms with van der Waals surface area (Å²) in [6, 6.07) is 73.2. The predicted octanol–water partition coefficient (Wildman–Crippen LogP) is 22.3. The van der Waals surface area contributed by atoms with Gasteiger partial charge in [-0.3, -0.25) is 0 Å². The van der Waals surface area contributed by atoms with Crippen molar-refractivity contribution in [3.63, 3.8) is 0 Å². The molecule has 0 bridgehead atoms. The summed E-state index contributed by atoms with van der Waals surface area (Å²) in [5.74, 6) is 22.8. The summed E-state index contributed by atoms with van der Waals surface area (Å²) < 4.78 is 33.9. The fourth-order valence-corrected chi connectivity index (χ4v) is 13.6. The van der Waals surface area contributed by atoms with Gasteiger partial charge < -0.3 is 18.8 Å². The zero-order valence-corrected chi connectivity index (χ0v) is 57.1. The molecule has 0 N–H and O–H groups in total. The van der Waals surface area contributed by atoms with Gasteiger partial charge in [-0.15, -0.1) is 0 Å². The van der Waals surface area contributed by atoms with Crippen molar-refractivity contribution >= 4 is 59.5 Å². The van der Waals surface area contributed by atoms with Crippen molar-refractivity contribution < 1.29 is 18.8 Å². The molecule has 0 atom stereocenters. The highest BCUT2D eigenvalue weighted by atomic mass is 31.2. The smallest absolute Gasteiger partial charge is 0.171 e. The van der Waals surface area contributed by atoms with Gasteiger partial charge >= 0.3 is 0 Å². The summed E-state index contributed by atoms with van der Waals surface area (Å²) in [6.07, 6.45) is 35.2. The molecule has 0 heterocycles. The molecule has 0 aliphatic carbocycles. The molecule has 4 nitrogen and oxygen atoms in total. The van der Waals surface area contributed by atoms with Crippen LogP contribution in [-0.2, 0) is 4.57 Å². The van der Waals surface area contributed by atoms with Gasteiger partial charge in [-0.25, -0.2) is 0 Å². The van der Waals surface area contributed by atoms with E-state index in [4.69, 9.17) is 14.2 Å². The molecular weight excluding hydrogens is 1180 g/mol. The third-order valence-electron chi connectivity index (χ3n) is 16.8. The number of ether oxygens (including phenoxy) is 3. The number of benzene rings is 9. The van der Waals surface area contributed by atoms with Crippen molar-refractivity contribution in [2.24, 2.45) is 0 Å². The standard InChI is InChI=1S/C90H93O4P/c1-4-7-10-13-16-19-70-92-85-58-46-79(47-59-85)40-34-73-22-28-76(29-23-73)37-43-82-52-64-88(65-53-82)95(91,89-66-54-83(55-67-89)44-38-77-30-24-74(25-31-77)35-41-80-48-60-86(61-49-80)93-71-20-17-14-11-8-5-2)90-68-56-84(57-69-90)45-39-78-32-26-75(27-33-78)36-42-81-50-62-87(63-51-81)94-72-21-18-15-12-9-6-3/h22-36,40-42,46-69H,4-21,70-72H2,1-3H3/b40-34+,41-35+,42-36+. The Labute approximate surface area is 569 Å². The fraction of sp³-hybridized carbons (Fsp3) is 0.267. The maximum atomic E-state index is 16.0. The van der Waals surface area contributed by atoms with Gasteiger partial charge in [-0.2, -0.15) is 0 Å². The highest BCUT2D eigenvalue weighted by molar-refractivity contribution is 7.85. The van der Waals surface area contributed by atoms with Crippen LogP contribution in [0.2, 0.25) is 0 Å². The Morgan fingerprint density at radius 3 is 0.632 bits per heavy atom. The van der Waals surface area contributed by atoms with Crippen LogP contribution in [0, 0.1) is 35.5 Å². The van der Waals surface area contributed by atoms with Crippen molar-refractivity contribution in [3.8, 4) is 52.8 Å². The minimum atomic E-state index is -3.39. The Morgan fingerprint density at radius 2 is 0.421 bits per heavy atom. The van der Waals surface area contributed by atoms with Crippen LogP contribution in [0.3, 0.4) is 0 Å². The second-order valence-corrected chi connectivity index (χ2v) is 27.2. The van der Waals surface area contributed by atoms with E-state index in [1.807, 2.05) is 146 Å². The first-order chi connectivity index (χ1) is 46.8.